The van der Waals surface area contributed by atoms with Crippen LogP contribution < -0.4 is 15.4 Å². The van der Waals surface area contributed by atoms with Gasteiger partial charge in [0.2, 0.25) is 0 Å². The first-order valence-electron chi connectivity index (χ1n) is 9.92. The lowest BCUT2D eigenvalue weighted by molar-refractivity contribution is -0.113. The molecule has 0 bridgehead atoms. The molecule has 4 rings (SSSR count). The lowest BCUT2D eigenvalue weighted by atomic mass is 9.91. The van der Waals surface area contributed by atoms with E-state index < -0.39 is 6.04 Å². The summed E-state index contributed by atoms with van der Waals surface area (Å²) in [5.74, 6) is 0.420. The molecule has 156 valence electrons. The molecule has 0 saturated carbocycles. The van der Waals surface area contributed by atoms with Crippen molar-refractivity contribution < 1.29 is 14.3 Å². The summed E-state index contributed by atoms with van der Waals surface area (Å²) in [6.07, 6.45) is 0. The number of urea groups is 1. The molecule has 1 aliphatic heterocycles. The number of hydrogen-bond donors (Lipinski definition) is 2. The maximum absolute atomic E-state index is 13.5. The van der Waals surface area contributed by atoms with E-state index in [-0.39, 0.29) is 11.9 Å². The number of amides is 3. The largest absolute Gasteiger partial charge is 0.497 e. The molecule has 1 atom stereocenters. The molecule has 31 heavy (non-hydrogen) atoms. The number of rotatable bonds is 5. The van der Waals surface area contributed by atoms with Gasteiger partial charge in [-0.2, -0.15) is 0 Å². The molecule has 2 N–H and O–H groups in total. The quantitative estimate of drug-likeness (QED) is 0.650. The van der Waals surface area contributed by atoms with Crippen molar-refractivity contribution in [2.45, 2.75) is 6.04 Å². The minimum Gasteiger partial charge on any atom is -0.497 e. The average molecular weight is 413 g/mol. The van der Waals surface area contributed by atoms with Crippen LogP contribution >= 0.6 is 0 Å². The maximum Gasteiger partial charge on any atom is 0.322 e. The number of para-hydroxylation sites is 1. The zero-order chi connectivity index (χ0) is 21.8. The monoisotopic (exact) mass is 413 g/mol. The molecule has 0 aliphatic carbocycles. The van der Waals surface area contributed by atoms with Crippen molar-refractivity contribution in [3.05, 3.63) is 102 Å². The fraction of sp³-hybridized carbons (Fsp3) is 0.120. The summed E-state index contributed by atoms with van der Waals surface area (Å²) in [4.78, 5) is 27.9. The second kappa shape index (κ2) is 8.75. The summed E-state index contributed by atoms with van der Waals surface area (Å²) in [5, 5.41) is 5.93. The second-order valence-corrected chi connectivity index (χ2v) is 7.16. The molecule has 0 spiro atoms. The highest BCUT2D eigenvalue weighted by atomic mass is 16.5. The predicted octanol–water partition coefficient (Wildman–Crippen LogP) is 4.44. The Morgan fingerprint density at radius 3 is 2.16 bits per heavy atom. The van der Waals surface area contributed by atoms with Crippen LogP contribution in [-0.4, -0.2) is 31.0 Å². The molecule has 1 heterocycles. The zero-order valence-corrected chi connectivity index (χ0v) is 17.3. The van der Waals surface area contributed by atoms with Gasteiger partial charge in [-0.1, -0.05) is 60.7 Å². The Labute approximate surface area is 181 Å². The van der Waals surface area contributed by atoms with Crippen molar-refractivity contribution in [2.24, 2.45) is 0 Å². The summed E-state index contributed by atoms with van der Waals surface area (Å²) in [7, 11) is 3.26. The highest BCUT2D eigenvalue weighted by Gasteiger charge is 2.36. The van der Waals surface area contributed by atoms with Gasteiger partial charge in [-0.15, -0.1) is 0 Å². The highest BCUT2D eigenvalue weighted by molar-refractivity contribution is 6.12. The van der Waals surface area contributed by atoms with Crippen molar-refractivity contribution in [1.29, 1.82) is 0 Å². The van der Waals surface area contributed by atoms with Crippen LogP contribution in [0.25, 0.3) is 5.70 Å². The molecule has 1 aliphatic rings. The second-order valence-electron chi connectivity index (χ2n) is 7.16. The third-order valence-electron chi connectivity index (χ3n) is 5.22. The molecule has 0 radical (unpaired) electrons. The van der Waals surface area contributed by atoms with E-state index in [0.717, 1.165) is 11.1 Å². The molecule has 0 fully saturated rings. The maximum atomic E-state index is 13.5. The van der Waals surface area contributed by atoms with Crippen molar-refractivity contribution in [3.8, 4) is 5.75 Å². The normalized spacial score (nSPS) is 16.0. The molecule has 0 saturated heterocycles. The van der Waals surface area contributed by atoms with Crippen molar-refractivity contribution in [2.75, 3.05) is 19.5 Å². The van der Waals surface area contributed by atoms with Crippen LogP contribution in [0.2, 0.25) is 0 Å². The summed E-state index contributed by atoms with van der Waals surface area (Å²) in [6.45, 7) is 0. The minimum atomic E-state index is -0.617. The van der Waals surface area contributed by atoms with E-state index in [9.17, 15) is 9.59 Å². The van der Waals surface area contributed by atoms with Crippen molar-refractivity contribution in [1.82, 2.24) is 10.2 Å². The third-order valence-corrected chi connectivity index (χ3v) is 5.22. The Morgan fingerprint density at radius 1 is 0.935 bits per heavy atom. The van der Waals surface area contributed by atoms with Gasteiger partial charge in [0.15, 0.2) is 0 Å². The Morgan fingerprint density at radius 2 is 1.55 bits per heavy atom. The first-order valence-corrected chi connectivity index (χ1v) is 9.92. The number of ether oxygens (including phenoxy) is 1. The summed E-state index contributed by atoms with van der Waals surface area (Å²) in [6, 6.07) is 25.2. The molecular weight excluding hydrogens is 390 g/mol. The van der Waals surface area contributed by atoms with Gasteiger partial charge in [-0.05, 0) is 35.4 Å². The van der Waals surface area contributed by atoms with Crippen LogP contribution in [0.5, 0.6) is 5.75 Å². The van der Waals surface area contributed by atoms with Crippen molar-refractivity contribution in [3.63, 3.8) is 0 Å². The molecule has 3 amide bonds. The van der Waals surface area contributed by atoms with E-state index in [4.69, 9.17) is 4.74 Å². The van der Waals surface area contributed by atoms with Gasteiger partial charge in [-0.25, -0.2) is 4.79 Å². The zero-order valence-electron chi connectivity index (χ0n) is 17.3. The third kappa shape index (κ3) is 4.14. The first kappa shape index (κ1) is 20.2. The number of nitrogens with zero attached hydrogens (tertiary/aromatic N) is 1. The fourth-order valence-corrected chi connectivity index (χ4v) is 3.66. The predicted molar refractivity (Wildman–Crippen MR) is 120 cm³/mol. The summed E-state index contributed by atoms with van der Waals surface area (Å²) < 4.78 is 5.25. The molecule has 1 unspecified atom stereocenters. The topological polar surface area (TPSA) is 70.7 Å². The number of carbonyl (C=O) groups is 2. The molecule has 6 nitrogen and oxygen atoms in total. The van der Waals surface area contributed by atoms with Crippen LogP contribution in [0.1, 0.15) is 17.2 Å². The highest BCUT2D eigenvalue weighted by Crippen LogP contribution is 2.36. The number of carbonyl (C=O) groups excluding carboxylic acids is 2. The molecule has 0 aromatic heterocycles. The summed E-state index contributed by atoms with van der Waals surface area (Å²) >= 11 is 0. The Hall–Kier alpha value is -4.06. The Balaban J connectivity index is 1.86. The van der Waals surface area contributed by atoms with Gasteiger partial charge < -0.3 is 15.4 Å². The van der Waals surface area contributed by atoms with Crippen LogP contribution in [0.3, 0.4) is 0 Å². The Bertz CT molecular complexity index is 1110. The molecular formula is C25H23N3O3. The van der Waals surface area contributed by atoms with E-state index in [0.29, 0.717) is 22.7 Å². The lowest BCUT2D eigenvalue weighted by Crippen LogP contribution is -2.46. The number of benzene rings is 3. The van der Waals surface area contributed by atoms with E-state index >= 15 is 0 Å². The minimum absolute atomic E-state index is 0.280. The van der Waals surface area contributed by atoms with Crippen molar-refractivity contribution >= 4 is 23.3 Å². The van der Waals surface area contributed by atoms with Gasteiger partial charge in [0.25, 0.3) is 5.91 Å². The van der Waals surface area contributed by atoms with Crippen LogP contribution in [0.4, 0.5) is 10.5 Å². The van der Waals surface area contributed by atoms with Crippen LogP contribution in [0.15, 0.2) is 90.5 Å². The number of nitrogens with one attached hydrogen (secondary N) is 2. The van der Waals surface area contributed by atoms with Crippen LogP contribution in [-0.2, 0) is 4.79 Å². The lowest BCUT2D eigenvalue weighted by Gasteiger charge is -2.35. The van der Waals surface area contributed by atoms with Gasteiger partial charge in [0.1, 0.15) is 5.75 Å². The fourth-order valence-electron chi connectivity index (χ4n) is 3.66. The summed E-state index contributed by atoms with van der Waals surface area (Å²) in [5.41, 5.74) is 3.28. The number of anilines is 1. The number of hydrogen-bond acceptors (Lipinski definition) is 3. The van der Waals surface area contributed by atoms with Crippen LogP contribution in [0, 0.1) is 0 Å². The smallest absolute Gasteiger partial charge is 0.322 e. The van der Waals surface area contributed by atoms with E-state index in [1.807, 2.05) is 84.9 Å². The van der Waals surface area contributed by atoms with E-state index in [1.165, 1.54) is 4.90 Å². The number of methoxy groups -OCH3 is 1. The average Bonchev–Trinajstić information content (AvgIpc) is 2.81. The van der Waals surface area contributed by atoms with Gasteiger partial charge in [0.05, 0.1) is 24.4 Å². The SMILES string of the molecule is COc1ccc(C2NC(=O)N(C)C(c3ccccc3)=C2C(=O)Nc2ccccc2)cc1. The molecule has 3 aromatic carbocycles. The van der Waals surface area contributed by atoms with E-state index in [2.05, 4.69) is 10.6 Å². The molecule has 3 aromatic rings. The van der Waals surface area contributed by atoms with Gasteiger partial charge >= 0.3 is 6.03 Å². The van der Waals surface area contributed by atoms with E-state index in [1.54, 1.807) is 14.2 Å². The first-order chi connectivity index (χ1) is 15.1. The van der Waals surface area contributed by atoms with Gasteiger partial charge in [-0.3, -0.25) is 9.69 Å². The standard InChI is InChI=1S/C25H23N3O3/c1-28-23(18-9-5-3-6-10-18)21(24(29)26-19-11-7-4-8-12-19)22(27-25(28)30)17-13-15-20(31-2)16-14-17/h3-16,22H,1-2H3,(H,26,29)(H,27,30). The Kier molecular flexibility index (Phi) is 5.71. The van der Waals surface area contributed by atoms with Gasteiger partial charge in [0, 0.05) is 12.7 Å². The molecule has 6 heteroatoms.